The summed E-state index contributed by atoms with van der Waals surface area (Å²) in [5, 5.41) is 2.85. The number of benzene rings is 3. The van der Waals surface area contributed by atoms with Crippen molar-refractivity contribution in [3.8, 4) is 23.0 Å². The Labute approximate surface area is 164 Å². The number of hydrogen-bond acceptors (Lipinski definition) is 4. The van der Waals surface area contributed by atoms with E-state index < -0.39 is 0 Å². The van der Waals surface area contributed by atoms with Gasteiger partial charge in [0.2, 0.25) is 5.91 Å². The van der Waals surface area contributed by atoms with E-state index in [1.165, 1.54) is 6.08 Å². The Balaban J connectivity index is 1.71. The molecule has 0 atom stereocenters. The lowest BCUT2D eigenvalue weighted by molar-refractivity contribution is -0.111. The summed E-state index contributed by atoms with van der Waals surface area (Å²) >= 11 is 0. The van der Waals surface area contributed by atoms with Crippen molar-refractivity contribution in [2.75, 3.05) is 19.5 Å². The molecule has 0 aliphatic carbocycles. The summed E-state index contributed by atoms with van der Waals surface area (Å²) in [6.07, 6.45) is 3.17. The lowest BCUT2D eigenvalue weighted by atomic mass is 10.2. The maximum atomic E-state index is 12.4. The van der Waals surface area contributed by atoms with E-state index in [0.717, 1.165) is 5.56 Å². The van der Waals surface area contributed by atoms with Crippen LogP contribution in [0.1, 0.15) is 5.56 Å². The first-order valence-electron chi connectivity index (χ1n) is 8.72. The topological polar surface area (TPSA) is 56.8 Å². The number of ether oxygens (including phenoxy) is 3. The van der Waals surface area contributed by atoms with Crippen molar-refractivity contribution in [1.29, 1.82) is 0 Å². The van der Waals surface area contributed by atoms with Gasteiger partial charge in [-0.05, 0) is 48.0 Å². The number of methoxy groups -OCH3 is 2. The largest absolute Gasteiger partial charge is 0.493 e. The molecule has 0 saturated carbocycles. The van der Waals surface area contributed by atoms with Gasteiger partial charge in [0.15, 0.2) is 17.2 Å². The monoisotopic (exact) mass is 375 g/mol. The van der Waals surface area contributed by atoms with Gasteiger partial charge in [-0.3, -0.25) is 4.79 Å². The third kappa shape index (κ3) is 4.92. The maximum absolute atomic E-state index is 12.4. The number of carbonyl (C=O) groups excluding carboxylic acids is 1. The van der Waals surface area contributed by atoms with Crippen LogP contribution in [0.4, 0.5) is 5.69 Å². The normalized spacial score (nSPS) is 10.5. The second-order valence-electron chi connectivity index (χ2n) is 5.85. The zero-order chi connectivity index (χ0) is 19.8. The average molecular weight is 375 g/mol. The predicted molar refractivity (Wildman–Crippen MR) is 110 cm³/mol. The molecule has 1 N–H and O–H groups in total. The standard InChI is InChI=1S/C23H21NO4/c1-26-21-14-12-17(16-22(21)27-2)13-15-23(25)24-19-10-6-7-11-20(19)28-18-8-4-3-5-9-18/h3-16H,1-2H3,(H,24,25). The molecule has 5 heteroatoms. The molecule has 0 spiro atoms. The summed E-state index contributed by atoms with van der Waals surface area (Å²) in [7, 11) is 3.15. The Hall–Kier alpha value is -3.73. The van der Waals surface area contributed by atoms with Gasteiger partial charge in [0, 0.05) is 6.08 Å². The van der Waals surface area contributed by atoms with Crippen LogP contribution in [0.5, 0.6) is 23.0 Å². The lowest BCUT2D eigenvalue weighted by Gasteiger charge is -2.11. The predicted octanol–water partition coefficient (Wildman–Crippen LogP) is 5.15. The van der Waals surface area contributed by atoms with Crippen molar-refractivity contribution < 1.29 is 19.0 Å². The second kappa shape index (κ2) is 9.28. The van der Waals surface area contributed by atoms with Gasteiger partial charge in [0.1, 0.15) is 5.75 Å². The van der Waals surface area contributed by atoms with Crippen LogP contribution < -0.4 is 19.5 Å². The molecule has 0 heterocycles. The molecule has 0 saturated heterocycles. The quantitative estimate of drug-likeness (QED) is 0.581. The van der Waals surface area contributed by atoms with Crippen molar-refractivity contribution >= 4 is 17.7 Å². The molecular weight excluding hydrogens is 354 g/mol. The summed E-state index contributed by atoms with van der Waals surface area (Å²) in [5.74, 6) is 2.24. The SMILES string of the molecule is COc1ccc(C=CC(=O)Nc2ccccc2Oc2ccccc2)cc1OC. The lowest BCUT2D eigenvalue weighted by Crippen LogP contribution is -2.08. The fourth-order valence-corrected chi connectivity index (χ4v) is 2.58. The highest BCUT2D eigenvalue weighted by Gasteiger charge is 2.07. The molecule has 3 aromatic rings. The van der Waals surface area contributed by atoms with Crippen LogP contribution in [0.2, 0.25) is 0 Å². The third-order valence-corrected chi connectivity index (χ3v) is 3.95. The van der Waals surface area contributed by atoms with Crippen molar-refractivity contribution in [2.45, 2.75) is 0 Å². The number of hydrogen-bond donors (Lipinski definition) is 1. The molecule has 0 unspecified atom stereocenters. The van der Waals surface area contributed by atoms with Gasteiger partial charge in [0.05, 0.1) is 19.9 Å². The smallest absolute Gasteiger partial charge is 0.248 e. The first kappa shape index (κ1) is 19.0. The van der Waals surface area contributed by atoms with Crippen molar-refractivity contribution in [3.63, 3.8) is 0 Å². The van der Waals surface area contributed by atoms with Crippen LogP contribution in [0.3, 0.4) is 0 Å². The zero-order valence-electron chi connectivity index (χ0n) is 15.7. The van der Waals surface area contributed by atoms with Crippen LogP contribution in [0.15, 0.2) is 78.9 Å². The molecule has 5 nitrogen and oxygen atoms in total. The van der Waals surface area contributed by atoms with E-state index in [-0.39, 0.29) is 5.91 Å². The van der Waals surface area contributed by atoms with E-state index in [1.807, 2.05) is 48.5 Å². The number of anilines is 1. The Morgan fingerprint density at radius 2 is 1.54 bits per heavy atom. The van der Waals surface area contributed by atoms with Crippen LogP contribution in [-0.4, -0.2) is 20.1 Å². The summed E-state index contributed by atoms with van der Waals surface area (Å²) in [6.45, 7) is 0. The number of nitrogens with one attached hydrogen (secondary N) is 1. The molecule has 0 radical (unpaired) electrons. The summed E-state index contributed by atoms with van der Waals surface area (Å²) in [4.78, 5) is 12.4. The number of amides is 1. The molecule has 3 aromatic carbocycles. The van der Waals surface area contributed by atoms with Gasteiger partial charge in [0.25, 0.3) is 0 Å². The summed E-state index contributed by atoms with van der Waals surface area (Å²) in [5.41, 5.74) is 1.41. The first-order valence-corrected chi connectivity index (χ1v) is 8.72. The Morgan fingerprint density at radius 1 is 0.821 bits per heavy atom. The molecule has 3 rings (SSSR count). The molecule has 1 amide bonds. The number of para-hydroxylation sites is 3. The highest BCUT2D eigenvalue weighted by Crippen LogP contribution is 2.30. The minimum Gasteiger partial charge on any atom is -0.493 e. The fraction of sp³-hybridized carbons (Fsp3) is 0.0870. The number of carbonyl (C=O) groups is 1. The minimum absolute atomic E-state index is 0.265. The molecule has 0 aromatic heterocycles. The maximum Gasteiger partial charge on any atom is 0.248 e. The third-order valence-electron chi connectivity index (χ3n) is 3.95. The Kier molecular flexibility index (Phi) is 6.31. The second-order valence-corrected chi connectivity index (χ2v) is 5.85. The van der Waals surface area contributed by atoms with E-state index in [9.17, 15) is 4.79 Å². The first-order chi connectivity index (χ1) is 13.7. The highest BCUT2D eigenvalue weighted by molar-refractivity contribution is 6.02. The zero-order valence-corrected chi connectivity index (χ0v) is 15.7. The molecule has 0 aliphatic heterocycles. The molecule has 28 heavy (non-hydrogen) atoms. The Bertz CT molecular complexity index is 967. The van der Waals surface area contributed by atoms with Crippen molar-refractivity contribution in [1.82, 2.24) is 0 Å². The van der Waals surface area contributed by atoms with Gasteiger partial charge >= 0.3 is 0 Å². The minimum atomic E-state index is -0.265. The van der Waals surface area contributed by atoms with E-state index in [2.05, 4.69) is 5.32 Å². The molecular formula is C23H21NO4. The van der Waals surface area contributed by atoms with E-state index in [0.29, 0.717) is 28.7 Å². The van der Waals surface area contributed by atoms with Crippen molar-refractivity contribution in [2.24, 2.45) is 0 Å². The van der Waals surface area contributed by atoms with Gasteiger partial charge in [-0.2, -0.15) is 0 Å². The molecule has 142 valence electrons. The van der Waals surface area contributed by atoms with E-state index in [1.54, 1.807) is 44.6 Å². The summed E-state index contributed by atoms with van der Waals surface area (Å²) < 4.78 is 16.4. The van der Waals surface area contributed by atoms with Gasteiger partial charge in [-0.25, -0.2) is 0 Å². The van der Waals surface area contributed by atoms with Crippen LogP contribution >= 0.6 is 0 Å². The highest BCUT2D eigenvalue weighted by atomic mass is 16.5. The molecule has 0 aliphatic rings. The van der Waals surface area contributed by atoms with E-state index >= 15 is 0 Å². The molecule has 0 fully saturated rings. The average Bonchev–Trinajstić information content (AvgIpc) is 2.74. The molecule has 0 bridgehead atoms. The number of rotatable bonds is 7. The van der Waals surface area contributed by atoms with Crippen molar-refractivity contribution in [3.05, 3.63) is 84.4 Å². The fourth-order valence-electron chi connectivity index (χ4n) is 2.58. The van der Waals surface area contributed by atoms with Gasteiger partial charge < -0.3 is 19.5 Å². The Morgan fingerprint density at radius 3 is 2.29 bits per heavy atom. The van der Waals surface area contributed by atoms with E-state index in [4.69, 9.17) is 14.2 Å². The van der Waals surface area contributed by atoms with Gasteiger partial charge in [-0.15, -0.1) is 0 Å². The van der Waals surface area contributed by atoms with Crippen LogP contribution in [0, 0.1) is 0 Å². The van der Waals surface area contributed by atoms with Crippen LogP contribution in [0.25, 0.3) is 6.08 Å². The van der Waals surface area contributed by atoms with Gasteiger partial charge in [-0.1, -0.05) is 36.4 Å². The van der Waals surface area contributed by atoms with Crippen LogP contribution in [-0.2, 0) is 4.79 Å². The summed E-state index contributed by atoms with van der Waals surface area (Å²) in [6, 6.07) is 22.1.